The van der Waals surface area contributed by atoms with Gasteiger partial charge in [-0.1, -0.05) is 0 Å². The fraction of sp³-hybridized carbons (Fsp3) is 0.500. The van der Waals surface area contributed by atoms with Gasteiger partial charge in [0.15, 0.2) is 0 Å². The molecule has 1 heterocycles. The number of benzene rings is 1. The van der Waals surface area contributed by atoms with Gasteiger partial charge in [0.25, 0.3) is 5.91 Å². The van der Waals surface area contributed by atoms with Crippen LogP contribution in [0.25, 0.3) is 0 Å². The second-order valence-electron chi connectivity index (χ2n) is 5.54. The third-order valence-corrected chi connectivity index (χ3v) is 4.00. The molecule has 1 saturated heterocycles. The molecule has 0 aromatic heterocycles. The fourth-order valence-corrected chi connectivity index (χ4v) is 2.61. The number of carbonyl (C=O) groups excluding carboxylic acids is 1. The molecule has 4 nitrogen and oxygen atoms in total. The number of hydrogen-bond donors (Lipinski definition) is 2. The Bertz CT molecular complexity index is 502. The van der Waals surface area contributed by atoms with Crippen molar-refractivity contribution in [1.29, 1.82) is 0 Å². The van der Waals surface area contributed by atoms with E-state index in [1.165, 1.54) is 6.07 Å². The molecule has 2 fully saturated rings. The zero-order valence-corrected chi connectivity index (χ0v) is 10.4. The summed E-state index contributed by atoms with van der Waals surface area (Å²) in [4.78, 5) is 13.8. The number of rotatable bonds is 2. The number of aryl methyl sites for hydroxylation is 1. The largest absolute Gasteiger partial charge is 0.508 e. The minimum Gasteiger partial charge on any atom is -0.508 e. The first-order chi connectivity index (χ1) is 8.49. The van der Waals surface area contributed by atoms with Crippen molar-refractivity contribution in [3.8, 4) is 5.75 Å². The molecule has 2 N–H and O–H groups in total. The van der Waals surface area contributed by atoms with Crippen LogP contribution < -0.4 is 0 Å². The Morgan fingerprint density at radius 1 is 1.39 bits per heavy atom. The molecule has 4 heteroatoms. The highest BCUT2D eigenvalue weighted by atomic mass is 16.3. The molecule has 1 amide bonds. The van der Waals surface area contributed by atoms with Crippen LogP contribution in [0.15, 0.2) is 18.2 Å². The summed E-state index contributed by atoms with van der Waals surface area (Å²) in [7, 11) is 0. The van der Waals surface area contributed by atoms with Crippen molar-refractivity contribution in [2.75, 3.05) is 13.1 Å². The van der Waals surface area contributed by atoms with Gasteiger partial charge in [0.05, 0.1) is 13.1 Å². The molecular weight excluding hydrogens is 230 g/mol. The van der Waals surface area contributed by atoms with Crippen molar-refractivity contribution < 1.29 is 15.0 Å². The van der Waals surface area contributed by atoms with E-state index in [1.807, 2.05) is 0 Å². The monoisotopic (exact) mass is 247 g/mol. The van der Waals surface area contributed by atoms with Gasteiger partial charge < -0.3 is 15.1 Å². The van der Waals surface area contributed by atoms with Crippen LogP contribution in [-0.2, 0) is 0 Å². The van der Waals surface area contributed by atoms with Gasteiger partial charge in [-0.15, -0.1) is 0 Å². The number of amides is 1. The standard InChI is InChI=1S/C14H17NO3/c1-9-6-10(2-5-12(9)16)13(17)15-7-14(18,8-15)11-3-4-11/h2,5-6,11,16,18H,3-4,7-8H2,1H3. The van der Waals surface area contributed by atoms with E-state index in [9.17, 15) is 15.0 Å². The molecule has 0 bridgehead atoms. The lowest BCUT2D eigenvalue weighted by Crippen LogP contribution is -2.64. The van der Waals surface area contributed by atoms with Gasteiger partial charge in [-0.3, -0.25) is 4.79 Å². The van der Waals surface area contributed by atoms with Gasteiger partial charge in [0.2, 0.25) is 0 Å². The third-order valence-electron chi connectivity index (χ3n) is 4.00. The zero-order valence-electron chi connectivity index (χ0n) is 10.4. The Balaban J connectivity index is 1.70. The molecule has 1 aliphatic carbocycles. The number of β-amino-alcohol motifs (C(OH)–C–C–N with tert-alkyl or cyclic N) is 1. The molecule has 18 heavy (non-hydrogen) atoms. The molecule has 2 aliphatic rings. The molecule has 0 atom stereocenters. The predicted octanol–water partition coefficient (Wildman–Crippen LogP) is 1.30. The zero-order chi connectivity index (χ0) is 12.9. The van der Waals surface area contributed by atoms with Crippen LogP contribution in [0.5, 0.6) is 5.75 Å². The number of carbonyl (C=O) groups is 1. The highest BCUT2D eigenvalue weighted by Gasteiger charge is 2.53. The molecule has 0 unspecified atom stereocenters. The summed E-state index contributed by atoms with van der Waals surface area (Å²) in [6.45, 7) is 2.65. The minimum absolute atomic E-state index is 0.0663. The van der Waals surface area contributed by atoms with Crippen LogP contribution >= 0.6 is 0 Å². The summed E-state index contributed by atoms with van der Waals surface area (Å²) >= 11 is 0. The van der Waals surface area contributed by atoms with E-state index >= 15 is 0 Å². The van der Waals surface area contributed by atoms with E-state index in [4.69, 9.17) is 0 Å². The lowest BCUT2D eigenvalue weighted by Gasteiger charge is -2.47. The molecule has 3 rings (SSSR count). The van der Waals surface area contributed by atoms with Crippen molar-refractivity contribution in [1.82, 2.24) is 4.90 Å². The number of aromatic hydroxyl groups is 1. The molecular formula is C14H17NO3. The molecule has 1 saturated carbocycles. The maximum atomic E-state index is 12.2. The Kier molecular flexibility index (Phi) is 2.38. The van der Waals surface area contributed by atoms with Crippen LogP contribution in [0.2, 0.25) is 0 Å². The highest BCUT2D eigenvalue weighted by Crippen LogP contribution is 2.44. The predicted molar refractivity (Wildman–Crippen MR) is 66.4 cm³/mol. The van der Waals surface area contributed by atoms with Crippen LogP contribution in [-0.4, -0.2) is 39.7 Å². The Labute approximate surface area is 106 Å². The van der Waals surface area contributed by atoms with Crippen molar-refractivity contribution >= 4 is 5.91 Å². The number of hydrogen-bond acceptors (Lipinski definition) is 3. The van der Waals surface area contributed by atoms with E-state index in [-0.39, 0.29) is 11.7 Å². The SMILES string of the molecule is Cc1cc(C(=O)N2CC(O)(C3CC3)C2)ccc1O. The van der Waals surface area contributed by atoms with E-state index in [0.29, 0.717) is 30.1 Å². The highest BCUT2D eigenvalue weighted by molar-refractivity contribution is 5.95. The Morgan fingerprint density at radius 3 is 2.61 bits per heavy atom. The quantitative estimate of drug-likeness (QED) is 0.828. The smallest absolute Gasteiger partial charge is 0.254 e. The topological polar surface area (TPSA) is 60.8 Å². The average molecular weight is 247 g/mol. The molecule has 96 valence electrons. The van der Waals surface area contributed by atoms with Crippen LogP contribution in [0.4, 0.5) is 0 Å². The number of aliphatic hydroxyl groups is 1. The number of nitrogens with zero attached hydrogens (tertiary/aromatic N) is 1. The summed E-state index contributed by atoms with van der Waals surface area (Å²) in [6.07, 6.45) is 2.16. The van der Waals surface area contributed by atoms with Crippen LogP contribution in [0.1, 0.15) is 28.8 Å². The van der Waals surface area contributed by atoms with Gasteiger partial charge in [-0.25, -0.2) is 0 Å². The first-order valence-corrected chi connectivity index (χ1v) is 6.31. The van der Waals surface area contributed by atoms with Crippen molar-refractivity contribution in [2.45, 2.75) is 25.4 Å². The molecule has 1 aliphatic heterocycles. The Morgan fingerprint density at radius 2 is 2.06 bits per heavy atom. The second-order valence-corrected chi connectivity index (χ2v) is 5.54. The van der Waals surface area contributed by atoms with Gasteiger partial charge >= 0.3 is 0 Å². The van der Waals surface area contributed by atoms with E-state index in [0.717, 1.165) is 12.8 Å². The summed E-state index contributed by atoms with van der Waals surface area (Å²) in [6, 6.07) is 4.85. The van der Waals surface area contributed by atoms with Crippen molar-refractivity contribution in [3.63, 3.8) is 0 Å². The lowest BCUT2D eigenvalue weighted by molar-refractivity contribution is -0.0958. The molecule has 1 aromatic rings. The van der Waals surface area contributed by atoms with Crippen LogP contribution in [0, 0.1) is 12.8 Å². The maximum absolute atomic E-state index is 12.2. The van der Waals surface area contributed by atoms with Gasteiger partial charge in [0.1, 0.15) is 11.4 Å². The van der Waals surface area contributed by atoms with E-state index in [2.05, 4.69) is 0 Å². The summed E-state index contributed by atoms with van der Waals surface area (Å²) in [5.74, 6) is 0.524. The van der Waals surface area contributed by atoms with Crippen LogP contribution in [0.3, 0.4) is 0 Å². The Hall–Kier alpha value is -1.55. The lowest BCUT2D eigenvalue weighted by atomic mass is 9.88. The van der Waals surface area contributed by atoms with Gasteiger partial charge in [0, 0.05) is 5.56 Å². The third kappa shape index (κ3) is 1.77. The minimum atomic E-state index is -0.637. The molecule has 0 spiro atoms. The average Bonchev–Trinajstić information content (AvgIpc) is 3.12. The first-order valence-electron chi connectivity index (χ1n) is 6.31. The summed E-state index contributed by atoms with van der Waals surface area (Å²) in [5, 5.41) is 19.6. The van der Waals surface area contributed by atoms with Crippen molar-refractivity contribution in [2.24, 2.45) is 5.92 Å². The summed E-state index contributed by atoms with van der Waals surface area (Å²) < 4.78 is 0. The normalized spacial score (nSPS) is 21.6. The number of phenolic OH excluding ortho intramolecular Hbond substituents is 1. The number of likely N-dealkylation sites (tertiary alicyclic amines) is 1. The van der Waals surface area contributed by atoms with E-state index < -0.39 is 5.60 Å². The fourth-order valence-electron chi connectivity index (χ4n) is 2.61. The second kappa shape index (κ2) is 3.72. The van der Waals surface area contributed by atoms with E-state index in [1.54, 1.807) is 24.0 Å². The first kappa shape index (κ1) is 11.5. The number of phenols is 1. The summed E-state index contributed by atoms with van der Waals surface area (Å²) in [5.41, 5.74) is 0.628. The molecule has 1 aromatic carbocycles. The van der Waals surface area contributed by atoms with Crippen molar-refractivity contribution in [3.05, 3.63) is 29.3 Å². The molecule has 0 radical (unpaired) electrons. The maximum Gasteiger partial charge on any atom is 0.254 e. The van der Waals surface area contributed by atoms with Gasteiger partial charge in [-0.05, 0) is 49.4 Å². The van der Waals surface area contributed by atoms with Gasteiger partial charge in [-0.2, -0.15) is 0 Å².